The molecule has 4 rings (SSSR count). The van der Waals surface area contributed by atoms with Crippen molar-refractivity contribution < 1.29 is 0 Å². The van der Waals surface area contributed by atoms with E-state index in [9.17, 15) is 0 Å². The molecule has 0 saturated carbocycles. The predicted molar refractivity (Wildman–Crippen MR) is 115 cm³/mol. The number of nitrogens with zero attached hydrogens (tertiary/aromatic N) is 6. The number of nitrogens with one attached hydrogen (secondary N) is 1. The molecular weight excluding hydrogens is 362 g/mol. The maximum Gasteiger partial charge on any atom is 0.249 e. The van der Waals surface area contributed by atoms with Gasteiger partial charge in [-0.1, -0.05) is 18.2 Å². The van der Waals surface area contributed by atoms with E-state index in [4.69, 9.17) is 5.26 Å². The van der Waals surface area contributed by atoms with Crippen molar-refractivity contribution in [1.29, 1.82) is 5.26 Å². The average molecular weight is 385 g/mol. The van der Waals surface area contributed by atoms with E-state index < -0.39 is 0 Å². The predicted octanol–water partition coefficient (Wildman–Crippen LogP) is 3.43. The number of nitriles is 1. The van der Waals surface area contributed by atoms with Gasteiger partial charge in [0.05, 0.1) is 17.8 Å². The highest BCUT2D eigenvalue weighted by atomic mass is 15.3. The van der Waals surface area contributed by atoms with Crippen molar-refractivity contribution in [1.82, 2.24) is 15.2 Å². The molecule has 1 aliphatic heterocycles. The Morgan fingerprint density at radius 1 is 1.00 bits per heavy atom. The third kappa shape index (κ3) is 4.11. The summed E-state index contributed by atoms with van der Waals surface area (Å²) in [5.74, 6) is 1.23. The smallest absolute Gasteiger partial charge is 0.249 e. The lowest BCUT2D eigenvalue weighted by Gasteiger charge is -2.37. The maximum atomic E-state index is 9.05. The summed E-state index contributed by atoms with van der Waals surface area (Å²) in [5.41, 5.74) is 5.33. The van der Waals surface area contributed by atoms with Crippen LogP contribution in [-0.2, 0) is 0 Å². The van der Waals surface area contributed by atoms with E-state index in [2.05, 4.69) is 68.4 Å². The molecule has 1 saturated heterocycles. The van der Waals surface area contributed by atoms with Crippen molar-refractivity contribution >= 4 is 23.1 Å². The van der Waals surface area contributed by atoms with Crippen LogP contribution >= 0.6 is 0 Å². The zero-order valence-electron chi connectivity index (χ0n) is 16.6. The Kier molecular flexibility index (Phi) is 5.25. The van der Waals surface area contributed by atoms with E-state index in [-0.39, 0.29) is 0 Å². The lowest BCUT2D eigenvalue weighted by Crippen LogP contribution is -2.47. The molecule has 7 nitrogen and oxygen atoms in total. The van der Waals surface area contributed by atoms with Gasteiger partial charge in [-0.3, -0.25) is 0 Å². The van der Waals surface area contributed by atoms with Gasteiger partial charge < -0.3 is 15.1 Å². The minimum Gasteiger partial charge on any atom is -0.368 e. The van der Waals surface area contributed by atoms with Crippen LogP contribution in [0.25, 0.3) is 0 Å². The SMILES string of the molecule is Cc1cccc(N2CCN(c3cnnc(Nc4cccc(C#N)c4)n3)CC2)c1C. The lowest BCUT2D eigenvalue weighted by molar-refractivity contribution is 0.643. The van der Waals surface area contributed by atoms with Crippen LogP contribution in [0.2, 0.25) is 0 Å². The fourth-order valence-electron chi connectivity index (χ4n) is 3.55. The largest absolute Gasteiger partial charge is 0.368 e. The molecule has 2 aromatic carbocycles. The average Bonchev–Trinajstić information content (AvgIpc) is 2.76. The molecule has 29 heavy (non-hydrogen) atoms. The van der Waals surface area contributed by atoms with Crippen LogP contribution in [0.4, 0.5) is 23.1 Å². The summed E-state index contributed by atoms with van der Waals surface area (Å²) in [4.78, 5) is 9.28. The van der Waals surface area contributed by atoms with E-state index in [1.54, 1.807) is 18.3 Å². The molecule has 1 aromatic heterocycles. The highest BCUT2D eigenvalue weighted by Gasteiger charge is 2.20. The summed E-state index contributed by atoms with van der Waals surface area (Å²) in [5, 5.41) is 20.4. The van der Waals surface area contributed by atoms with E-state index in [0.717, 1.165) is 37.7 Å². The Bertz CT molecular complexity index is 1050. The number of benzene rings is 2. The molecule has 146 valence electrons. The monoisotopic (exact) mass is 385 g/mol. The third-order valence-corrected chi connectivity index (χ3v) is 5.31. The van der Waals surface area contributed by atoms with Crippen molar-refractivity contribution in [3.05, 3.63) is 65.4 Å². The van der Waals surface area contributed by atoms with Gasteiger partial charge >= 0.3 is 0 Å². The van der Waals surface area contributed by atoms with Gasteiger partial charge in [0.1, 0.15) is 0 Å². The van der Waals surface area contributed by atoms with Crippen LogP contribution in [0.15, 0.2) is 48.7 Å². The van der Waals surface area contributed by atoms with Gasteiger partial charge in [-0.25, -0.2) is 0 Å². The Labute approximate surface area is 170 Å². The zero-order valence-corrected chi connectivity index (χ0v) is 16.6. The summed E-state index contributed by atoms with van der Waals surface area (Å²) >= 11 is 0. The molecule has 3 aromatic rings. The molecule has 1 N–H and O–H groups in total. The highest BCUT2D eigenvalue weighted by molar-refractivity contribution is 5.59. The van der Waals surface area contributed by atoms with Crippen molar-refractivity contribution in [2.75, 3.05) is 41.3 Å². The second-order valence-electron chi connectivity index (χ2n) is 7.15. The standard InChI is InChI=1S/C22H23N7/c1-16-5-3-8-20(17(16)2)28-9-11-29(12-10-28)21-15-24-27-22(26-21)25-19-7-4-6-18(13-19)14-23/h3-8,13,15H,9-12H2,1-2H3,(H,25,26,27). The van der Waals surface area contributed by atoms with E-state index in [1.165, 1.54) is 16.8 Å². The van der Waals surface area contributed by atoms with Crippen LogP contribution in [-0.4, -0.2) is 41.4 Å². The maximum absolute atomic E-state index is 9.05. The molecule has 7 heteroatoms. The minimum absolute atomic E-state index is 0.426. The van der Waals surface area contributed by atoms with E-state index >= 15 is 0 Å². The van der Waals surface area contributed by atoms with Crippen LogP contribution in [0.5, 0.6) is 0 Å². The summed E-state index contributed by atoms with van der Waals surface area (Å²) < 4.78 is 0. The van der Waals surface area contributed by atoms with Gasteiger partial charge in [-0.05, 0) is 49.2 Å². The second-order valence-corrected chi connectivity index (χ2v) is 7.15. The summed E-state index contributed by atoms with van der Waals surface area (Å²) in [6, 6.07) is 15.8. The third-order valence-electron chi connectivity index (χ3n) is 5.31. The number of hydrogen-bond acceptors (Lipinski definition) is 7. The Morgan fingerprint density at radius 2 is 1.76 bits per heavy atom. The summed E-state index contributed by atoms with van der Waals surface area (Å²) in [6.45, 7) is 7.94. The molecule has 0 radical (unpaired) electrons. The summed E-state index contributed by atoms with van der Waals surface area (Å²) in [7, 11) is 0. The first-order valence-electron chi connectivity index (χ1n) is 9.67. The number of piperazine rings is 1. The van der Waals surface area contributed by atoms with Gasteiger partial charge in [0.15, 0.2) is 5.82 Å². The minimum atomic E-state index is 0.426. The summed E-state index contributed by atoms with van der Waals surface area (Å²) in [6.07, 6.45) is 1.70. The first-order chi connectivity index (χ1) is 14.1. The fourth-order valence-corrected chi connectivity index (χ4v) is 3.55. The highest BCUT2D eigenvalue weighted by Crippen LogP contribution is 2.25. The molecule has 0 unspecified atom stereocenters. The number of anilines is 4. The van der Waals surface area contributed by atoms with Gasteiger partial charge in [0, 0.05) is 37.6 Å². The molecule has 0 bridgehead atoms. The lowest BCUT2D eigenvalue weighted by atomic mass is 10.1. The van der Waals surface area contributed by atoms with Crippen molar-refractivity contribution in [3.8, 4) is 6.07 Å². The molecule has 1 aliphatic rings. The molecular formula is C22H23N7. The Hall–Kier alpha value is -3.66. The fraction of sp³-hybridized carbons (Fsp3) is 0.273. The van der Waals surface area contributed by atoms with Crippen LogP contribution in [0, 0.1) is 25.2 Å². The molecule has 2 heterocycles. The van der Waals surface area contributed by atoms with Gasteiger partial charge in [-0.2, -0.15) is 15.3 Å². The molecule has 0 amide bonds. The number of hydrogen-bond donors (Lipinski definition) is 1. The van der Waals surface area contributed by atoms with Gasteiger partial charge in [0.25, 0.3) is 0 Å². The number of rotatable bonds is 4. The van der Waals surface area contributed by atoms with Crippen LogP contribution in [0.3, 0.4) is 0 Å². The quantitative estimate of drug-likeness (QED) is 0.737. The first-order valence-corrected chi connectivity index (χ1v) is 9.67. The zero-order chi connectivity index (χ0) is 20.2. The first kappa shape index (κ1) is 18.7. The number of aryl methyl sites for hydroxylation is 1. The molecule has 0 atom stereocenters. The van der Waals surface area contributed by atoms with E-state index in [0.29, 0.717) is 11.5 Å². The molecule has 0 aliphatic carbocycles. The van der Waals surface area contributed by atoms with Crippen molar-refractivity contribution in [2.45, 2.75) is 13.8 Å². The normalized spacial score (nSPS) is 13.8. The Morgan fingerprint density at radius 3 is 2.55 bits per heavy atom. The van der Waals surface area contributed by atoms with Gasteiger partial charge in [-0.15, -0.1) is 5.10 Å². The van der Waals surface area contributed by atoms with Crippen LogP contribution < -0.4 is 15.1 Å². The Balaban J connectivity index is 1.44. The number of aromatic nitrogens is 3. The molecule has 0 spiro atoms. The molecule has 1 fully saturated rings. The van der Waals surface area contributed by atoms with Crippen LogP contribution in [0.1, 0.15) is 16.7 Å². The van der Waals surface area contributed by atoms with E-state index in [1.807, 2.05) is 12.1 Å². The van der Waals surface area contributed by atoms with Gasteiger partial charge in [0.2, 0.25) is 5.95 Å². The topological polar surface area (TPSA) is 81.0 Å². The second kappa shape index (κ2) is 8.15. The van der Waals surface area contributed by atoms with Crippen molar-refractivity contribution in [3.63, 3.8) is 0 Å². The van der Waals surface area contributed by atoms with Crippen molar-refractivity contribution in [2.24, 2.45) is 0 Å².